The van der Waals surface area contributed by atoms with Gasteiger partial charge >= 0.3 is 5.97 Å². The Hall–Kier alpha value is -2.53. The molecule has 0 aliphatic carbocycles. The van der Waals surface area contributed by atoms with Gasteiger partial charge < -0.3 is 14.8 Å². The lowest BCUT2D eigenvalue weighted by Gasteiger charge is -2.15. The second-order valence-electron chi connectivity index (χ2n) is 5.61. The number of halogens is 1. The molecule has 2 aromatic carbocycles. The zero-order chi connectivity index (χ0) is 18.4. The van der Waals surface area contributed by atoms with Gasteiger partial charge in [0.1, 0.15) is 5.75 Å². The summed E-state index contributed by atoms with van der Waals surface area (Å²) in [6.07, 6.45) is -0.967. The van der Waals surface area contributed by atoms with Gasteiger partial charge in [-0.15, -0.1) is 0 Å². The lowest BCUT2D eigenvalue weighted by molar-refractivity contribution is -0.155. The molecule has 25 heavy (non-hydrogen) atoms. The number of hydrogen-bond acceptors (Lipinski definition) is 4. The Kier molecular flexibility index (Phi) is 6.42. The molecule has 0 aliphatic rings. The molecule has 0 saturated heterocycles. The van der Waals surface area contributed by atoms with Crippen molar-refractivity contribution in [1.29, 1.82) is 0 Å². The lowest BCUT2D eigenvalue weighted by atomic mass is 10.1. The SMILES string of the molecule is Cc1cccc(C)c1OCC(=O)OC(C)C(=O)Nc1ccccc1Cl. The van der Waals surface area contributed by atoms with Crippen LogP contribution in [0.15, 0.2) is 42.5 Å². The molecule has 6 heteroatoms. The van der Waals surface area contributed by atoms with Crippen LogP contribution >= 0.6 is 11.6 Å². The van der Waals surface area contributed by atoms with Gasteiger partial charge in [-0.2, -0.15) is 0 Å². The highest BCUT2D eigenvalue weighted by Crippen LogP contribution is 2.22. The molecule has 132 valence electrons. The van der Waals surface area contributed by atoms with Crippen molar-refractivity contribution in [2.45, 2.75) is 26.9 Å². The molecular formula is C19H20ClNO4. The minimum atomic E-state index is -0.967. The van der Waals surface area contributed by atoms with Gasteiger partial charge in [-0.1, -0.05) is 41.9 Å². The Balaban J connectivity index is 1.87. The number of ether oxygens (including phenoxy) is 2. The van der Waals surface area contributed by atoms with Gasteiger partial charge in [0.25, 0.3) is 5.91 Å². The summed E-state index contributed by atoms with van der Waals surface area (Å²) in [4.78, 5) is 24.0. The number of benzene rings is 2. The van der Waals surface area contributed by atoms with Crippen LogP contribution in [-0.2, 0) is 14.3 Å². The molecule has 5 nitrogen and oxygen atoms in total. The maximum Gasteiger partial charge on any atom is 0.344 e. The van der Waals surface area contributed by atoms with Gasteiger partial charge in [-0.05, 0) is 44.0 Å². The fraction of sp³-hybridized carbons (Fsp3) is 0.263. The average Bonchev–Trinajstić information content (AvgIpc) is 2.56. The first-order chi connectivity index (χ1) is 11.9. The van der Waals surface area contributed by atoms with Crippen molar-refractivity contribution in [2.75, 3.05) is 11.9 Å². The molecule has 1 unspecified atom stereocenters. The number of aryl methyl sites for hydroxylation is 2. The number of esters is 1. The van der Waals surface area contributed by atoms with Crippen LogP contribution in [0.25, 0.3) is 0 Å². The van der Waals surface area contributed by atoms with Crippen LogP contribution in [-0.4, -0.2) is 24.6 Å². The molecule has 0 radical (unpaired) electrons. The molecule has 0 heterocycles. The van der Waals surface area contributed by atoms with Crippen molar-refractivity contribution in [3.8, 4) is 5.75 Å². The smallest absolute Gasteiger partial charge is 0.344 e. The van der Waals surface area contributed by atoms with Crippen molar-refractivity contribution in [2.24, 2.45) is 0 Å². The molecule has 0 aliphatic heterocycles. The third kappa shape index (κ3) is 5.22. The van der Waals surface area contributed by atoms with Crippen LogP contribution in [0.2, 0.25) is 5.02 Å². The number of para-hydroxylation sites is 2. The molecule has 0 aromatic heterocycles. The normalized spacial score (nSPS) is 11.5. The molecule has 0 fully saturated rings. The van der Waals surface area contributed by atoms with E-state index >= 15 is 0 Å². The lowest BCUT2D eigenvalue weighted by Crippen LogP contribution is -2.31. The topological polar surface area (TPSA) is 64.6 Å². The summed E-state index contributed by atoms with van der Waals surface area (Å²) < 4.78 is 10.6. The predicted octanol–water partition coefficient (Wildman–Crippen LogP) is 3.91. The fourth-order valence-corrected chi connectivity index (χ4v) is 2.42. The maximum atomic E-state index is 12.1. The van der Waals surface area contributed by atoms with Crippen molar-refractivity contribution in [3.63, 3.8) is 0 Å². The van der Waals surface area contributed by atoms with Crippen LogP contribution in [0, 0.1) is 13.8 Å². The molecule has 2 rings (SSSR count). The average molecular weight is 362 g/mol. The maximum absolute atomic E-state index is 12.1. The summed E-state index contributed by atoms with van der Waals surface area (Å²) in [6, 6.07) is 12.5. The van der Waals surface area contributed by atoms with Crippen molar-refractivity contribution < 1.29 is 19.1 Å². The number of nitrogens with one attached hydrogen (secondary N) is 1. The van der Waals surface area contributed by atoms with E-state index in [-0.39, 0.29) is 6.61 Å². The summed E-state index contributed by atoms with van der Waals surface area (Å²) in [5, 5.41) is 3.03. The highest BCUT2D eigenvalue weighted by atomic mass is 35.5. The minimum Gasteiger partial charge on any atom is -0.481 e. The Morgan fingerprint density at radius 1 is 1.08 bits per heavy atom. The number of carbonyl (C=O) groups excluding carboxylic acids is 2. The monoisotopic (exact) mass is 361 g/mol. The van der Waals surface area contributed by atoms with Crippen LogP contribution in [0.4, 0.5) is 5.69 Å². The summed E-state index contributed by atoms with van der Waals surface area (Å²) in [5.41, 5.74) is 2.32. The van der Waals surface area contributed by atoms with Gasteiger partial charge in [0.2, 0.25) is 0 Å². The third-order valence-electron chi connectivity index (χ3n) is 3.55. The Morgan fingerprint density at radius 2 is 1.72 bits per heavy atom. The number of hydrogen-bond donors (Lipinski definition) is 1. The van der Waals surface area contributed by atoms with E-state index in [1.807, 2.05) is 32.0 Å². The summed E-state index contributed by atoms with van der Waals surface area (Å²) in [5.74, 6) is -0.439. The summed E-state index contributed by atoms with van der Waals surface area (Å²) in [7, 11) is 0. The number of amides is 1. The van der Waals surface area contributed by atoms with Crippen molar-refractivity contribution in [1.82, 2.24) is 0 Å². The predicted molar refractivity (Wildman–Crippen MR) is 97.0 cm³/mol. The quantitative estimate of drug-likeness (QED) is 0.792. The van der Waals surface area contributed by atoms with Gasteiger partial charge in [-0.25, -0.2) is 4.79 Å². The Morgan fingerprint density at radius 3 is 2.36 bits per heavy atom. The van der Waals surface area contributed by atoms with Crippen LogP contribution < -0.4 is 10.1 Å². The standard InChI is InChI=1S/C19H20ClNO4/c1-12-7-6-8-13(2)18(12)24-11-17(22)25-14(3)19(23)21-16-10-5-4-9-15(16)20/h4-10,14H,11H2,1-3H3,(H,21,23). The minimum absolute atomic E-state index is 0.268. The van der Waals surface area contributed by atoms with Gasteiger partial charge in [0, 0.05) is 0 Å². The highest BCUT2D eigenvalue weighted by molar-refractivity contribution is 6.33. The molecule has 1 amide bonds. The second kappa shape index (κ2) is 8.53. The first-order valence-electron chi connectivity index (χ1n) is 7.82. The fourth-order valence-electron chi connectivity index (χ4n) is 2.24. The number of carbonyl (C=O) groups is 2. The molecule has 0 bridgehead atoms. The molecule has 0 spiro atoms. The summed E-state index contributed by atoms with van der Waals surface area (Å²) in [6.45, 7) is 5.01. The zero-order valence-electron chi connectivity index (χ0n) is 14.3. The Labute approximate surface area is 151 Å². The van der Waals surface area contributed by atoms with E-state index in [1.165, 1.54) is 6.92 Å². The molecule has 0 saturated carbocycles. The number of rotatable bonds is 6. The van der Waals surface area contributed by atoms with E-state index < -0.39 is 18.0 Å². The van der Waals surface area contributed by atoms with E-state index in [0.717, 1.165) is 11.1 Å². The zero-order valence-corrected chi connectivity index (χ0v) is 15.1. The second-order valence-corrected chi connectivity index (χ2v) is 6.02. The van der Waals surface area contributed by atoms with Gasteiger partial charge in [0.15, 0.2) is 12.7 Å². The molecule has 1 N–H and O–H groups in total. The van der Waals surface area contributed by atoms with Crippen molar-refractivity contribution in [3.05, 3.63) is 58.6 Å². The van der Waals surface area contributed by atoms with E-state index in [4.69, 9.17) is 21.1 Å². The largest absolute Gasteiger partial charge is 0.481 e. The molecule has 2 aromatic rings. The Bertz CT molecular complexity index is 756. The van der Waals surface area contributed by atoms with E-state index in [9.17, 15) is 9.59 Å². The molecular weight excluding hydrogens is 342 g/mol. The first-order valence-corrected chi connectivity index (χ1v) is 8.20. The van der Waals surface area contributed by atoms with Crippen LogP contribution in [0.5, 0.6) is 5.75 Å². The van der Waals surface area contributed by atoms with Crippen molar-refractivity contribution >= 4 is 29.2 Å². The first kappa shape index (κ1) is 18.8. The summed E-state index contributed by atoms with van der Waals surface area (Å²) >= 11 is 5.98. The number of anilines is 1. The van der Waals surface area contributed by atoms with Crippen LogP contribution in [0.3, 0.4) is 0 Å². The van der Waals surface area contributed by atoms with E-state index in [2.05, 4.69) is 5.32 Å². The van der Waals surface area contributed by atoms with E-state index in [1.54, 1.807) is 24.3 Å². The van der Waals surface area contributed by atoms with Gasteiger partial charge in [-0.3, -0.25) is 4.79 Å². The molecule has 1 atom stereocenters. The highest BCUT2D eigenvalue weighted by Gasteiger charge is 2.19. The third-order valence-corrected chi connectivity index (χ3v) is 3.88. The van der Waals surface area contributed by atoms with Crippen LogP contribution in [0.1, 0.15) is 18.1 Å². The van der Waals surface area contributed by atoms with Gasteiger partial charge in [0.05, 0.1) is 10.7 Å². The van der Waals surface area contributed by atoms with E-state index in [0.29, 0.717) is 16.5 Å².